The molecule has 0 saturated carbocycles. The van der Waals surface area contributed by atoms with Crippen molar-refractivity contribution in [3.63, 3.8) is 0 Å². The lowest BCUT2D eigenvalue weighted by Crippen LogP contribution is -2.37. The second kappa shape index (κ2) is 9.79. The molecule has 4 rings (SSSR count). The van der Waals surface area contributed by atoms with Crippen LogP contribution in [0.15, 0.2) is 65.6 Å². The summed E-state index contributed by atoms with van der Waals surface area (Å²) in [4.78, 5) is 39.1. The normalized spacial score (nSPS) is 14.7. The van der Waals surface area contributed by atoms with Crippen molar-refractivity contribution in [3.05, 3.63) is 76.7 Å². The van der Waals surface area contributed by atoms with Gasteiger partial charge < -0.3 is 14.8 Å². The number of ether oxygens (including phenoxy) is 2. The zero-order valence-corrected chi connectivity index (χ0v) is 19.0. The molecule has 1 N–H and O–H groups in total. The largest absolute Gasteiger partial charge is 0.493 e. The second-order valence-corrected chi connectivity index (χ2v) is 8.26. The fourth-order valence-corrected chi connectivity index (χ4v) is 4.37. The van der Waals surface area contributed by atoms with Crippen molar-refractivity contribution in [2.75, 3.05) is 27.3 Å². The highest BCUT2D eigenvalue weighted by atomic mass is 32.2. The van der Waals surface area contributed by atoms with Crippen LogP contribution in [0.4, 0.5) is 4.79 Å². The molecule has 3 aromatic rings. The predicted molar refractivity (Wildman–Crippen MR) is 129 cm³/mol. The van der Waals surface area contributed by atoms with E-state index in [1.807, 2.05) is 36.4 Å². The molecule has 3 amide bonds. The zero-order chi connectivity index (χ0) is 23.4. The first-order valence-corrected chi connectivity index (χ1v) is 11.1. The van der Waals surface area contributed by atoms with E-state index in [4.69, 9.17) is 9.47 Å². The summed E-state index contributed by atoms with van der Waals surface area (Å²) in [5, 5.41) is 4.43. The molecule has 0 radical (unpaired) electrons. The Kier molecular flexibility index (Phi) is 6.65. The maximum Gasteiger partial charge on any atom is 0.293 e. The minimum Gasteiger partial charge on any atom is -0.493 e. The maximum atomic E-state index is 12.7. The summed E-state index contributed by atoms with van der Waals surface area (Å²) in [5.74, 6) is 0.458. The summed E-state index contributed by atoms with van der Waals surface area (Å²) in [7, 11) is 3.07. The highest BCUT2D eigenvalue weighted by Gasteiger charge is 2.34. The predicted octanol–water partition coefficient (Wildman–Crippen LogP) is 4.32. The van der Waals surface area contributed by atoms with Crippen LogP contribution in [0.5, 0.6) is 11.5 Å². The lowest BCUT2D eigenvalue weighted by atomic mass is 10.1. The molecule has 8 heteroatoms. The number of nitrogens with one attached hydrogen (secondary N) is 1. The first-order valence-electron chi connectivity index (χ1n) is 10.2. The molecule has 0 aliphatic carbocycles. The van der Waals surface area contributed by atoms with Gasteiger partial charge in [-0.25, -0.2) is 0 Å². The molecule has 1 saturated heterocycles. The van der Waals surface area contributed by atoms with Crippen molar-refractivity contribution in [2.24, 2.45) is 0 Å². The van der Waals surface area contributed by atoms with Gasteiger partial charge in [0.1, 0.15) is 0 Å². The molecule has 33 heavy (non-hydrogen) atoms. The van der Waals surface area contributed by atoms with E-state index in [2.05, 4.69) is 5.32 Å². The number of amides is 3. The number of methoxy groups -OCH3 is 2. The first-order chi connectivity index (χ1) is 16.0. The summed E-state index contributed by atoms with van der Waals surface area (Å²) >= 11 is 0.870. The Balaban J connectivity index is 1.39. The second-order valence-electron chi connectivity index (χ2n) is 7.27. The third-order valence-corrected chi connectivity index (χ3v) is 6.12. The van der Waals surface area contributed by atoms with E-state index in [0.717, 1.165) is 27.4 Å². The average Bonchev–Trinajstić information content (AvgIpc) is 3.10. The molecule has 168 valence electrons. The van der Waals surface area contributed by atoms with E-state index in [0.29, 0.717) is 27.5 Å². The van der Waals surface area contributed by atoms with Crippen LogP contribution in [0.2, 0.25) is 0 Å². The Bertz CT molecular complexity index is 1270. The third-order valence-electron chi connectivity index (χ3n) is 5.21. The zero-order valence-electron chi connectivity index (χ0n) is 18.2. The number of thioether (sulfide) groups is 1. The van der Waals surface area contributed by atoms with Gasteiger partial charge in [0.2, 0.25) is 0 Å². The van der Waals surface area contributed by atoms with Crippen LogP contribution >= 0.6 is 11.8 Å². The van der Waals surface area contributed by atoms with Crippen molar-refractivity contribution in [1.29, 1.82) is 0 Å². The van der Waals surface area contributed by atoms with Gasteiger partial charge in [0.15, 0.2) is 11.5 Å². The topological polar surface area (TPSA) is 84.9 Å². The van der Waals surface area contributed by atoms with Gasteiger partial charge in [-0.05, 0) is 58.4 Å². The van der Waals surface area contributed by atoms with Gasteiger partial charge in [-0.15, -0.1) is 0 Å². The van der Waals surface area contributed by atoms with Crippen LogP contribution in [0, 0.1) is 0 Å². The first kappa shape index (κ1) is 22.4. The van der Waals surface area contributed by atoms with Gasteiger partial charge in [-0.2, -0.15) is 0 Å². The third kappa shape index (κ3) is 4.85. The summed E-state index contributed by atoms with van der Waals surface area (Å²) in [5.41, 5.74) is 1.24. The van der Waals surface area contributed by atoms with Crippen LogP contribution < -0.4 is 14.8 Å². The van der Waals surface area contributed by atoms with Crippen LogP contribution in [-0.2, 0) is 4.79 Å². The molecular weight excluding hydrogens is 440 g/mol. The highest BCUT2D eigenvalue weighted by molar-refractivity contribution is 8.18. The molecule has 0 spiro atoms. The molecule has 1 heterocycles. The van der Waals surface area contributed by atoms with Crippen LogP contribution in [0.25, 0.3) is 16.8 Å². The van der Waals surface area contributed by atoms with Crippen molar-refractivity contribution >= 4 is 45.7 Å². The molecule has 0 unspecified atom stereocenters. The summed E-state index contributed by atoms with van der Waals surface area (Å²) < 4.78 is 10.5. The van der Waals surface area contributed by atoms with Gasteiger partial charge in [0.25, 0.3) is 17.1 Å². The summed E-state index contributed by atoms with van der Waals surface area (Å²) in [6.07, 6.45) is 1.64. The number of imide groups is 1. The van der Waals surface area contributed by atoms with E-state index in [9.17, 15) is 14.4 Å². The molecular formula is C25H22N2O5S. The number of carbonyl (C=O) groups is 3. The molecule has 1 aliphatic rings. The summed E-state index contributed by atoms with van der Waals surface area (Å²) in [6, 6.07) is 18.5. The highest BCUT2D eigenvalue weighted by Crippen LogP contribution is 2.34. The standard InChI is InChI=1S/C25H22N2O5S/c1-31-20-10-7-16(13-21(20)32-2)14-22-24(29)27(25(30)33-22)12-11-26-23(28)19-9-8-17-5-3-4-6-18(17)15-19/h3-10,13-15H,11-12H2,1-2H3,(H,26,28). The van der Waals surface area contributed by atoms with Crippen LogP contribution in [0.1, 0.15) is 15.9 Å². The van der Waals surface area contributed by atoms with E-state index in [-0.39, 0.29) is 30.1 Å². The summed E-state index contributed by atoms with van der Waals surface area (Å²) in [6.45, 7) is 0.251. The number of benzene rings is 3. The SMILES string of the molecule is COc1ccc(C=C2SC(=O)N(CCNC(=O)c3ccc4ccccc4c3)C2=O)cc1OC. The van der Waals surface area contributed by atoms with Gasteiger partial charge in [0.05, 0.1) is 19.1 Å². The van der Waals surface area contributed by atoms with Gasteiger partial charge in [-0.1, -0.05) is 36.4 Å². The molecule has 7 nitrogen and oxygen atoms in total. The molecule has 3 aromatic carbocycles. The molecule has 0 atom stereocenters. The maximum absolute atomic E-state index is 12.7. The fraction of sp³-hybridized carbons (Fsp3) is 0.160. The molecule has 0 bridgehead atoms. The number of carbonyl (C=O) groups excluding carboxylic acids is 3. The minimum absolute atomic E-state index is 0.0905. The molecule has 0 aromatic heterocycles. The Morgan fingerprint density at radius 1 is 0.970 bits per heavy atom. The monoisotopic (exact) mass is 462 g/mol. The Labute approximate surface area is 195 Å². The van der Waals surface area contributed by atoms with Crippen LogP contribution in [0.3, 0.4) is 0 Å². The van der Waals surface area contributed by atoms with E-state index in [1.165, 1.54) is 7.11 Å². The van der Waals surface area contributed by atoms with Gasteiger partial charge in [0, 0.05) is 18.7 Å². The number of rotatable bonds is 7. The Morgan fingerprint density at radius 3 is 2.48 bits per heavy atom. The van der Waals surface area contributed by atoms with Crippen molar-refractivity contribution in [3.8, 4) is 11.5 Å². The average molecular weight is 463 g/mol. The Morgan fingerprint density at radius 2 is 1.73 bits per heavy atom. The number of nitrogens with zero attached hydrogens (tertiary/aromatic N) is 1. The number of hydrogen-bond donors (Lipinski definition) is 1. The van der Waals surface area contributed by atoms with Crippen molar-refractivity contribution in [1.82, 2.24) is 10.2 Å². The van der Waals surface area contributed by atoms with Gasteiger partial charge in [-0.3, -0.25) is 19.3 Å². The van der Waals surface area contributed by atoms with Crippen molar-refractivity contribution in [2.45, 2.75) is 0 Å². The van der Waals surface area contributed by atoms with Crippen LogP contribution in [-0.4, -0.2) is 49.3 Å². The van der Waals surface area contributed by atoms with Gasteiger partial charge >= 0.3 is 0 Å². The smallest absolute Gasteiger partial charge is 0.293 e. The Hall–Kier alpha value is -3.78. The van der Waals surface area contributed by atoms with E-state index in [1.54, 1.807) is 37.5 Å². The lowest BCUT2D eigenvalue weighted by molar-refractivity contribution is -0.122. The fourth-order valence-electron chi connectivity index (χ4n) is 3.50. The number of hydrogen-bond acceptors (Lipinski definition) is 6. The quantitative estimate of drug-likeness (QED) is 0.527. The molecule has 1 fully saturated rings. The van der Waals surface area contributed by atoms with E-state index >= 15 is 0 Å². The van der Waals surface area contributed by atoms with E-state index < -0.39 is 0 Å². The minimum atomic E-state index is -0.389. The molecule has 1 aliphatic heterocycles. The lowest BCUT2D eigenvalue weighted by Gasteiger charge is -2.13. The number of fused-ring (bicyclic) bond motifs is 1. The van der Waals surface area contributed by atoms with Crippen molar-refractivity contribution < 1.29 is 23.9 Å².